The van der Waals surface area contributed by atoms with Crippen molar-refractivity contribution in [2.24, 2.45) is 0 Å². The highest BCUT2D eigenvalue weighted by molar-refractivity contribution is 5.76. The van der Waals surface area contributed by atoms with Gasteiger partial charge in [0.1, 0.15) is 6.61 Å². The summed E-state index contributed by atoms with van der Waals surface area (Å²) in [5, 5.41) is 3.06. The summed E-state index contributed by atoms with van der Waals surface area (Å²) in [5.41, 5.74) is -0.514. The number of Topliss-reactive ketones (excluding diaryl/α,β-unsaturated/α-hetero) is 1. The number of hydrogen-bond donors (Lipinski definition) is 1. The molecule has 0 amide bonds. The van der Waals surface area contributed by atoms with E-state index in [1.54, 1.807) is 0 Å². The van der Waals surface area contributed by atoms with Gasteiger partial charge in [-0.05, 0) is 54.0 Å². The van der Waals surface area contributed by atoms with Crippen LogP contribution in [-0.2, 0) is 19.0 Å². The maximum atomic E-state index is 11.0. The molecule has 22 heavy (non-hydrogen) atoms. The van der Waals surface area contributed by atoms with E-state index in [0.717, 1.165) is 32.4 Å². The Kier molecular flexibility index (Phi) is 10.9. The first-order valence-corrected chi connectivity index (χ1v) is 8.24. The molecule has 0 aromatic heterocycles. The van der Waals surface area contributed by atoms with Crippen molar-refractivity contribution in [2.45, 2.75) is 65.1 Å². The van der Waals surface area contributed by atoms with Crippen LogP contribution in [0.2, 0.25) is 0 Å². The molecule has 0 aromatic rings. The van der Waals surface area contributed by atoms with Crippen LogP contribution >= 0.6 is 0 Å². The van der Waals surface area contributed by atoms with Crippen LogP contribution in [0.25, 0.3) is 0 Å². The Bertz CT molecular complexity index is 307. The average molecular weight is 317 g/mol. The maximum Gasteiger partial charge on any atom is 0.155 e. The van der Waals surface area contributed by atoms with E-state index in [4.69, 9.17) is 14.2 Å². The minimum Gasteiger partial charge on any atom is -0.380 e. The zero-order chi connectivity index (χ0) is 17.1. The molecule has 0 rings (SSSR count). The van der Waals surface area contributed by atoms with Crippen LogP contribution in [0.3, 0.4) is 0 Å². The predicted molar refractivity (Wildman–Crippen MR) is 89.3 cm³/mol. The molecule has 0 spiro atoms. The molecule has 0 radical (unpaired) electrons. The Morgan fingerprint density at radius 2 is 1.73 bits per heavy atom. The second-order valence-corrected chi connectivity index (χ2v) is 6.62. The van der Waals surface area contributed by atoms with Crippen molar-refractivity contribution in [3.8, 4) is 0 Å². The third kappa shape index (κ3) is 11.1. The maximum absolute atomic E-state index is 11.0. The summed E-state index contributed by atoms with van der Waals surface area (Å²) in [6, 6.07) is 0. The van der Waals surface area contributed by atoms with Crippen LogP contribution in [0.4, 0.5) is 0 Å². The van der Waals surface area contributed by atoms with Gasteiger partial charge in [0, 0.05) is 13.2 Å². The van der Waals surface area contributed by atoms with Gasteiger partial charge in [0.2, 0.25) is 0 Å². The third-order valence-electron chi connectivity index (χ3n) is 3.84. The van der Waals surface area contributed by atoms with Crippen LogP contribution in [0, 0.1) is 0 Å². The van der Waals surface area contributed by atoms with Gasteiger partial charge in [-0.3, -0.25) is 4.79 Å². The van der Waals surface area contributed by atoms with E-state index < -0.39 is 0 Å². The first-order valence-electron chi connectivity index (χ1n) is 8.24. The van der Waals surface area contributed by atoms with Crippen molar-refractivity contribution in [2.75, 3.05) is 40.0 Å². The molecule has 5 nitrogen and oxygen atoms in total. The van der Waals surface area contributed by atoms with Crippen LogP contribution < -0.4 is 5.32 Å². The van der Waals surface area contributed by atoms with Crippen LogP contribution in [0.5, 0.6) is 0 Å². The van der Waals surface area contributed by atoms with E-state index in [9.17, 15) is 4.79 Å². The second kappa shape index (κ2) is 11.1. The summed E-state index contributed by atoms with van der Waals surface area (Å²) >= 11 is 0. The van der Waals surface area contributed by atoms with Crippen molar-refractivity contribution in [1.82, 2.24) is 5.32 Å². The lowest BCUT2D eigenvalue weighted by atomic mass is 9.99. The third-order valence-corrected chi connectivity index (χ3v) is 3.84. The number of carbonyl (C=O) groups excluding carboxylic acids is 1. The van der Waals surface area contributed by atoms with Gasteiger partial charge in [-0.2, -0.15) is 0 Å². The zero-order valence-electron chi connectivity index (χ0n) is 15.3. The van der Waals surface area contributed by atoms with Crippen molar-refractivity contribution >= 4 is 5.78 Å². The van der Waals surface area contributed by atoms with Gasteiger partial charge in [0.15, 0.2) is 5.78 Å². The average Bonchev–Trinajstić information content (AvgIpc) is 2.45. The first kappa shape index (κ1) is 21.5. The van der Waals surface area contributed by atoms with E-state index in [1.165, 1.54) is 6.92 Å². The van der Waals surface area contributed by atoms with Crippen molar-refractivity contribution in [1.29, 1.82) is 0 Å². The van der Waals surface area contributed by atoms with Gasteiger partial charge in [0.25, 0.3) is 0 Å². The molecule has 0 heterocycles. The highest BCUT2D eigenvalue weighted by Crippen LogP contribution is 2.22. The summed E-state index contributed by atoms with van der Waals surface area (Å²) in [5.74, 6) is 0.0473. The number of rotatable bonds is 14. The minimum atomic E-state index is -0.344. The smallest absolute Gasteiger partial charge is 0.155 e. The fourth-order valence-corrected chi connectivity index (χ4v) is 1.83. The molecule has 0 aliphatic carbocycles. The molecule has 1 N–H and O–H groups in total. The number of likely N-dealkylation sites (N-methyl/N-ethyl adjacent to an activating group) is 1. The van der Waals surface area contributed by atoms with Crippen molar-refractivity contribution in [3.63, 3.8) is 0 Å². The van der Waals surface area contributed by atoms with E-state index in [0.29, 0.717) is 13.2 Å². The van der Waals surface area contributed by atoms with Crippen LogP contribution in [0.1, 0.15) is 53.9 Å². The normalized spacial score (nSPS) is 14.8. The van der Waals surface area contributed by atoms with Gasteiger partial charge >= 0.3 is 0 Å². The molecule has 0 saturated carbocycles. The second-order valence-electron chi connectivity index (χ2n) is 6.62. The molecular weight excluding hydrogens is 282 g/mol. The lowest BCUT2D eigenvalue weighted by Gasteiger charge is -2.31. The SMILES string of the molecule is CCC(C)(CCOCCNC)OCCC(C)(C)OCC(C)=O. The Hall–Kier alpha value is -0.490. The standard InChI is InChI=1S/C17H35NO4/c1-7-17(5,9-11-20-13-10-18-6)21-12-8-16(3,4)22-14-15(2)19/h18H,7-14H2,1-6H3. The predicted octanol–water partition coefficient (Wildman–Crippen LogP) is 2.57. The summed E-state index contributed by atoms with van der Waals surface area (Å²) in [7, 11) is 1.92. The summed E-state index contributed by atoms with van der Waals surface area (Å²) < 4.78 is 17.3. The summed E-state index contributed by atoms with van der Waals surface area (Å²) in [6.07, 6.45) is 2.58. The fourth-order valence-electron chi connectivity index (χ4n) is 1.83. The monoisotopic (exact) mass is 317 g/mol. The lowest BCUT2D eigenvalue weighted by Crippen LogP contribution is -2.34. The molecule has 0 aliphatic rings. The zero-order valence-corrected chi connectivity index (χ0v) is 15.3. The van der Waals surface area contributed by atoms with Gasteiger partial charge in [-0.25, -0.2) is 0 Å². The van der Waals surface area contributed by atoms with Crippen LogP contribution in [0.15, 0.2) is 0 Å². The Morgan fingerprint density at radius 1 is 1.05 bits per heavy atom. The Balaban J connectivity index is 4.02. The Labute approximate surface area is 136 Å². The molecule has 5 heteroatoms. The number of hydrogen-bond acceptors (Lipinski definition) is 5. The summed E-state index contributed by atoms with van der Waals surface area (Å²) in [4.78, 5) is 11.0. The number of carbonyl (C=O) groups is 1. The van der Waals surface area contributed by atoms with Crippen molar-refractivity contribution < 1.29 is 19.0 Å². The quantitative estimate of drug-likeness (QED) is 0.499. The van der Waals surface area contributed by atoms with E-state index in [2.05, 4.69) is 19.2 Å². The summed E-state index contributed by atoms with van der Waals surface area (Å²) in [6.45, 7) is 12.8. The fraction of sp³-hybridized carbons (Fsp3) is 0.941. The first-order chi connectivity index (χ1) is 10.2. The minimum absolute atomic E-state index is 0.0473. The Morgan fingerprint density at radius 3 is 2.27 bits per heavy atom. The van der Waals surface area contributed by atoms with Crippen molar-refractivity contribution in [3.05, 3.63) is 0 Å². The number of ketones is 1. The van der Waals surface area contributed by atoms with Gasteiger partial charge < -0.3 is 19.5 Å². The molecule has 0 saturated heterocycles. The van der Waals surface area contributed by atoms with E-state index in [1.807, 2.05) is 20.9 Å². The molecule has 0 fully saturated rings. The topological polar surface area (TPSA) is 56.8 Å². The highest BCUT2D eigenvalue weighted by atomic mass is 16.5. The molecule has 0 bridgehead atoms. The van der Waals surface area contributed by atoms with Crippen LogP contribution in [-0.4, -0.2) is 57.0 Å². The van der Waals surface area contributed by atoms with E-state index >= 15 is 0 Å². The molecule has 1 unspecified atom stereocenters. The van der Waals surface area contributed by atoms with Gasteiger partial charge in [0.05, 0.1) is 24.4 Å². The molecular formula is C17H35NO4. The highest BCUT2D eigenvalue weighted by Gasteiger charge is 2.25. The van der Waals surface area contributed by atoms with Gasteiger partial charge in [-0.1, -0.05) is 6.92 Å². The number of nitrogens with one attached hydrogen (secondary N) is 1. The largest absolute Gasteiger partial charge is 0.380 e. The molecule has 0 aromatic carbocycles. The van der Waals surface area contributed by atoms with E-state index in [-0.39, 0.29) is 23.6 Å². The molecule has 132 valence electrons. The number of ether oxygens (including phenoxy) is 3. The molecule has 0 aliphatic heterocycles. The molecule has 1 atom stereocenters. The van der Waals surface area contributed by atoms with Gasteiger partial charge in [-0.15, -0.1) is 0 Å². The lowest BCUT2D eigenvalue weighted by molar-refractivity contribution is -0.130.